The number of hydrogen-bond acceptors (Lipinski definition) is 5. The van der Waals surface area contributed by atoms with Crippen molar-refractivity contribution >= 4 is 17.9 Å². The lowest BCUT2D eigenvalue weighted by Crippen LogP contribution is -2.32. The molecule has 0 spiro atoms. The zero-order chi connectivity index (χ0) is 10.5. The van der Waals surface area contributed by atoms with E-state index in [0.717, 1.165) is 5.95 Å². The third kappa shape index (κ3) is 2.59. The molecule has 0 amide bonds. The normalized spacial score (nSPS) is 17.7. The first-order valence-electron chi connectivity index (χ1n) is 5.37. The molecule has 15 heavy (non-hydrogen) atoms. The van der Waals surface area contributed by atoms with Gasteiger partial charge in [-0.25, -0.2) is 15.0 Å². The minimum Gasteiger partial charge on any atom is -0.282 e. The maximum Gasteiger partial charge on any atom is 0.238 e. The summed E-state index contributed by atoms with van der Waals surface area (Å²) in [5, 5.41) is 0. The smallest absolute Gasteiger partial charge is 0.238 e. The molecule has 4 nitrogen and oxygen atoms in total. The maximum atomic E-state index is 4.21. The van der Waals surface area contributed by atoms with Crippen molar-refractivity contribution in [1.82, 2.24) is 15.0 Å². The van der Waals surface area contributed by atoms with Crippen LogP contribution in [0.15, 0.2) is 12.7 Å². The highest BCUT2D eigenvalue weighted by atomic mass is 32.2. The van der Waals surface area contributed by atoms with Crippen LogP contribution in [-0.4, -0.2) is 27.2 Å². The summed E-state index contributed by atoms with van der Waals surface area (Å²) in [6.45, 7) is 0. The van der Waals surface area contributed by atoms with E-state index < -0.39 is 0 Å². The largest absolute Gasteiger partial charge is 0.282 e. The average molecular weight is 224 g/mol. The second-order valence-electron chi connectivity index (χ2n) is 3.74. The fraction of sp³-hybridized carbons (Fsp3) is 0.700. The predicted molar refractivity (Wildman–Crippen MR) is 62.7 cm³/mol. The van der Waals surface area contributed by atoms with E-state index in [2.05, 4.69) is 25.5 Å². The Balaban J connectivity index is 2.09. The van der Waals surface area contributed by atoms with Gasteiger partial charge in [0.25, 0.3) is 0 Å². The molecule has 0 atom stereocenters. The molecule has 1 aliphatic rings. The van der Waals surface area contributed by atoms with Gasteiger partial charge in [0.15, 0.2) is 0 Å². The van der Waals surface area contributed by atoms with E-state index in [1.165, 1.54) is 32.1 Å². The van der Waals surface area contributed by atoms with Gasteiger partial charge in [0.05, 0.1) is 0 Å². The minimum absolute atomic E-state index is 0.594. The van der Waals surface area contributed by atoms with Crippen molar-refractivity contribution in [1.29, 1.82) is 0 Å². The van der Waals surface area contributed by atoms with E-state index in [9.17, 15) is 0 Å². The molecule has 0 bridgehead atoms. The summed E-state index contributed by atoms with van der Waals surface area (Å²) in [5.74, 6) is 0.796. The zero-order valence-corrected chi connectivity index (χ0v) is 9.78. The Kier molecular flexibility index (Phi) is 3.77. The third-order valence-corrected chi connectivity index (χ3v) is 3.63. The van der Waals surface area contributed by atoms with Crippen molar-refractivity contribution in [3.05, 3.63) is 12.7 Å². The van der Waals surface area contributed by atoms with Gasteiger partial charge in [0.1, 0.15) is 12.7 Å². The van der Waals surface area contributed by atoms with Crippen molar-refractivity contribution in [3.8, 4) is 0 Å². The highest BCUT2D eigenvalue weighted by Crippen LogP contribution is 2.28. The monoisotopic (exact) mass is 224 g/mol. The van der Waals surface area contributed by atoms with Crippen LogP contribution in [0.1, 0.15) is 32.1 Å². The summed E-state index contributed by atoms with van der Waals surface area (Å²) in [5.41, 5.74) is 0. The van der Waals surface area contributed by atoms with Crippen LogP contribution in [0.2, 0.25) is 0 Å². The first kappa shape index (κ1) is 10.7. The first-order chi connectivity index (χ1) is 7.42. The van der Waals surface area contributed by atoms with Crippen LogP contribution in [0.25, 0.3) is 0 Å². The van der Waals surface area contributed by atoms with Crippen molar-refractivity contribution < 1.29 is 0 Å². The van der Waals surface area contributed by atoms with Gasteiger partial charge >= 0.3 is 0 Å². The molecule has 1 aromatic heterocycles. The van der Waals surface area contributed by atoms with Crippen LogP contribution in [-0.2, 0) is 0 Å². The number of rotatable bonds is 3. The lowest BCUT2D eigenvalue weighted by molar-refractivity contribution is 0.444. The molecule has 0 N–H and O–H groups in total. The summed E-state index contributed by atoms with van der Waals surface area (Å²) in [7, 11) is 0. The maximum absolute atomic E-state index is 4.21. The number of hydrogen-bond donors (Lipinski definition) is 0. The molecule has 0 aliphatic heterocycles. The molecule has 82 valence electrons. The SMILES string of the molecule is CSN(c1ncncn1)C1CCCCC1. The van der Waals surface area contributed by atoms with Crippen molar-refractivity contribution in [3.63, 3.8) is 0 Å². The Bertz CT molecular complexity index is 287. The van der Waals surface area contributed by atoms with E-state index in [1.807, 2.05) is 0 Å². The molecule has 1 saturated carbocycles. The van der Waals surface area contributed by atoms with E-state index in [1.54, 1.807) is 24.6 Å². The molecule has 5 heteroatoms. The van der Waals surface area contributed by atoms with Gasteiger partial charge in [-0.15, -0.1) is 0 Å². The van der Waals surface area contributed by atoms with Crippen LogP contribution >= 0.6 is 11.9 Å². The molecule has 0 aromatic carbocycles. The first-order valence-corrected chi connectivity index (χ1v) is 6.55. The highest BCUT2D eigenvalue weighted by Gasteiger charge is 2.22. The minimum atomic E-state index is 0.594. The van der Waals surface area contributed by atoms with Crippen LogP contribution in [0.4, 0.5) is 5.95 Å². The number of anilines is 1. The lowest BCUT2D eigenvalue weighted by Gasteiger charge is -2.31. The molecular formula is C10H16N4S. The number of nitrogens with zero attached hydrogens (tertiary/aromatic N) is 4. The predicted octanol–water partition coefficient (Wildman–Crippen LogP) is 2.29. The molecule has 1 heterocycles. The summed E-state index contributed by atoms with van der Waals surface area (Å²) in [4.78, 5) is 12.3. The Morgan fingerprint density at radius 3 is 2.47 bits per heavy atom. The van der Waals surface area contributed by atoms with Crippen LogP contribution in [0.3, 0.4) is 0 Å². The third-order valence-electron chi connectivity index (χ3n) is 2.78. The Morgan fingerprint density at radius 2 is 1.87 bits per heavy atom. The van der Waals surface area contributed by atoms with E-state index in [-0.39, 0.29) is 0 Å². The van der Waals surface area contributed by atoms with Gasteiger partial charge in [-0.3, -0.25) is 4.31 Å². The molecule has 0 saturated heterocycles. The van der Waals surface area contributed by atoms with Crippen LogP contribution in [0, 0.1) is 0 Å². The molecule has 1 fully saturated rings. The zero-order valence-electron chi connectivity index (χ0n) is 8.96. The second-order valence-corrected chi connectivity index (χ2v) is 4.50. The van der Waals surface area contributed by atoms with Crippen molar-refractivity contribution in [2.75, 3.05) is 10.6 Å². The lowest BCUT2D eigenvalue weighted by atomic mass is 9.96. The van der Waals surface area contributed by atoms with Gasteiger partial charge in [-0.2, -0.15) is 0 Å². The fourth-order valence-corrected chi connectivity index (χ4v) is 2.82. The Labute approximate surface area is 94.7 Å². The number of aromatic nitrogens is 3. The standard InChI is InChI=1S/C10H16N4S/c1-15-14(9-5-3-2-4-6-9)10-12-7-11-8-13-10/h7-9H,2-6H2,1H3. The second kappa shape index (κ2) is 5.30. The Hall–Kier alpha value is -0.840. The van der Waals surface area contributed by atoms with Crippen molar-refractivity contribution in [2.24, 2.45) is 0 Å². The summed E-state index contributed by atoms with van der Waals surface area (Å²) < 4.78 is 2.22. The van der Waals surface area contributed by atoms with Gasteiger partial charge in [-0.05, 0) is 12.8 Å². The van der Waals surface area contributed by atoms with Crippen LogP contribution in [0.5, 0.6) is 0 Å². The average Bonchev–Trinajstić information content (AvgIpc) is 2.33. The summed E-state index contributed by atoms with van der Waals surface area (Å²) in [6.07, 6.45) is 11.7. The molecular weight excluding hydrogens is 208 g/mol. The topological polar surface area (TPSA) is 41.9 Å². The van der Waals surface area contributed by atoms with Gasteiger partial charge in [0, 0.05) is 12.3 Å². The van der Waals surface area contributed by atoms with E-state index in [4.69, 9.17) is 0 Å². The van der Waals surface area contributed by atoms with Crippen molar-refractivity contribution in [2.45, 2.75) is 38.1 Å². The molecule has 0 unspecified atom stereocenters. The van der Waals surface area contributed by atoms with Gasteiger partial charge < -0.3 is 0 Å². The molecule has 1 aromatic rings. The van der Waals surface area contributed by atoms with Gasteiger partial charge in [0.2, 0.25) is 5.95 Å². The quantitative estimate of drug-likeness (QED) is 0.737. The fourth-order valence-electron chi connectivity index (χ4n) is 2.06. The highest BCUT2D eigenvalue weighted by molar-refractivity contribution is 7.99. The van der Waals surface area contributed by atoms with Gasteiger partial charge in [-0.1, -0.05) is 31.2 Å². The van der Waals surface area contributed by atoms with E-state index >= 15 is 0 Å². The molecule has 0 radical (unpaired) electrons. The molecule has 1 aliphatic carbocycles. The summed E-state index contributed by atoms with van der Waals surface area (Å²) in [6, 6.07) is 0.594. The Morgan fingerprint density at radius 1 is 1.20 bits per heavy atom. The van der Waals surface area contributed by atoms with E-state index in [0.29, 0.717) is 6.04 Å². The van der Waals surface area contributed by atoms with Crippen LogP contribution < -0.4 is 4.31 Å². The molecule has 2 rings (SSSR count). The summed E-state index contributed by atoms with van der Waals surface area (Å²) >= 11 is 1.71.